The Kier molecular flexibility index (Phi) is 3.56. The van der Waals surface area contributed by atoms with Crippen molar-refractivity contribution < 1.29 is 9.53 Å². The number of carbonyl (C=O) groups excluding carboxylic acids is 1. The van der Waals surface area contributed by atoms with E-state index in [1.807, 2.05) is 11.9 Å². The molecule has 0 aliphatic carbocycles. The summed E-state index contributed by atoms with van der Waals surface area (Å²) < 4.78 is 5.67. The molecule has 1 aliphatic heterocycles. The van der Waals surface area contributed by atoms with Crippen molar-refractivity contribution >= 4 is 22.3 Å². The number of aromatic nitrogens is 1. The molecule has 88 valence electrons. The standard InChI is InChI=1S/C11H16N2O2S/c1-8(14)9-7-12-11(16-9)13(2)10-5-3-4-6-15-10/h7,10H,3-6H2,1-2H3. The lowest BCUT2D eigenvalue weighted by Gasteiger charge is -2.30. The van der Waals surface area contributed by atoms with E-state index in [0.717, 1.165) is 24.6 Å². The van der Waals surface area contributed by atoms with Crippen LogP contribution in [0.2, 0.25) is 0 Å². The minimum atomic E-state index is 0.0710. The molecule has 0 spiro atoms. The van der Waals surface area contributed by atoms with Gasteiger partial charge in [-0.15, -0.1) is 0 Å². The second-order valence-electron chi connectivity index (χ2n) is 4.00. The van der Waals surface area contributed by atoms with E-state index < -0.39 is 0 Å². The number of rotatable bonds is 3. The van der Waals surface area contributed by atoms with Crippen LogP contribution in [0.4, 0.5) is 5.13 Å². The van der Waals surface area contributed by atoms with Crippen LogP contribution < -0.4 is 4.90 Å². The van der Waals surface area contributed by atoms with Gasteiger partial charge in [0.25, 0.3) is 0 Å². The van der Waals surface area contributed by atoms with E-state index in [2.05, 4.69) is 4.98 Å². The Morgan fingerprint density at radius 2 is 2.44 bits per heavy atom. The van der Waals surface area contributed by atoms with E-state index in [1.165, 1.54) is 17.8 Å². The fraction of sp³-hybridized carbons (Fsp3) is 0.636. The van der Waals surface area contributed by atoms with Crippen molar-refractivity contribution in [3.05, 3.63) is 11.1 Å². The molecule has 2 rings (SSSR count). The van der Waals surface area contributed by atoms with E-state index in [0.29, 0.717) is 4.88 Å². The van der Waals surface area contributed by atoms with E-state index in [9.17, 15) is 4.79 Å². The summed E-state index contributed by atoms with van der Waals surface area (Å²) in [6.07, 6.45) is 5.12. The molecule has 0 radical (unpaired) electrons. The fourth-order valence-electron chi connectivity index (χ4n) is 1.74. The van der Waals surface area contributed by atoms with Gasteiger partial charge in [-0.05, 0) is 19.3 Å². The molecule has 0 saturated carbocycles. The molecule has 0 N–H and O–H groups in total. The predicted molar refractivity (Wildman–Crippen MR) is 64.1 cm³/mol. The normalized spacial score (nSPS) is 20.8. The van der Waals surface area contributed by atoms with Gasteiger partial charge in [-0.3, -0.25) is 4.79 Å². The van der Waals surface area contributed by atoms with Crippen LogP contribution in [0.25, 0.3) is 0 Å². The molecule has 2 heterocycles. The van der Waals surface area contributed by atoms with Crippen LogP contribution >= 0.6 is 11.3 Å². The van der Waals surface area contributed by atoms with Crippen molar-refractivity contribution in [2.45, 2.75) is 32.4 Å². The van der Waals surface area contributed by atoms with Crippen LogP contribution in [0.3, 0.4) is 0 Å². The van der Waals surface area contributed by atoms with Crippen LogP contribution in [0.1, 0.15) is 35.9 Å². The predicted octanol–water partition coefficient (Wildman–Crippen LogP) is 2.31. The number of ether oxygens (including phenoxy) is 1. The minimum absolute atomic E-state index is 0.0710. The van der Waals surface area contributed by atoms with Gasteiger partial charge in [0, 0.05) is 20.6 Å². The lowest BCUT2D eigenvalue weighted by Crippen LogP contribution is -2.36. The van der Waals surface area contributed by atoms with Gasteiger partial charge >= 0.3 is 0 Å². The molecule has 1 aromatic rings. The summed E-state index contributed by atoms with van der Waals surface area (Å²) in [6, 6.07) is 0. The molecule has 0 bridgehead atoms. The quantitative estimate of drug-likeness (QED) is 0.760. The van der Waals surface area contributed by atoms with Gasteiger partial charge in [-0.1, -0.05) is 11.3 Å². The number of hydrogen-bond acceptors (Lipinski definition) is 5. The number of nitrogens with zero attached hydrogens (tertiary/aromatic N) is 2. The first-order valence-corrected chi connectivity index (χ1v) is 6.31. The van der Waals surface area contributed by atoms with Crippen molar-refractivity contribution in [3.63, 3.8) is 0 Å². The molecule has 1 atom stereocenters. The van der Waals surface area contributed by atoms with Crippen molar-refractivity contribution in [2.75, 3.05) is 18.6 Å². The smallest absolute Gasteiger partial charge is 0.187 e. The molecular formula is C11H16N2O2S. The lowest BCUT2D eigenvalue weighted by atomic mass is 10.2. The lowest BCUT2D eigenvalue weighted by molar-refractivity contribution is 0.0174. The highest BCUT2D eigenvalue weighted by atomic mass is 32.1. The molecule has 1 fully saturated rings. The minimum Gasteiger partial charge on any atom is -0.358 e. The van der Waals surface area contributed by atoms with Gasteiger partial charge < -0.3 is 9.64 Å². The zero-order chi connectivity index (χ0) is 11.5. The van der Waals surface area contributed by atoms with Gasteiger partial charge in [0.05, 0.1) is 11.1 Å². The summed E-state index contributed by atoms with van der Waals surface area (Å²) in [5, 5.41) is 0.858. The second kappa shape index (κ2) is 4.93. The first-order valence-electron chi connectivity index (χ1n) is 5.49. The van der Waals surface area contributed by atoms with Gasteiger partial charge in [0.1, 0.15) is 6.23 Å². The SMILES string of the molecule is CC(=O)c1cnc(N(C)C2CCCCO2)s1. The Morgan fingerprint density at radius 1 is 1.62 bits per heavy atom. The first kappa shape index (κ1) is 11.5. The third kappa shape index (κ3) is 2.41. The second-order valence-corrected chi connectivity index (χ2v) is 5.00. The molecule has 16 heavy (non-hydrogen) atoms. The summed E-state index contributed by atoms with van der Waals surface area (Å²) in [7, 11) is 1.97. The molecule has 5 heteroatoms. The van der Waals surface area contributed by atoms with Gasteiger partial charge in [-0.2, -0.15) is 0 Å². The Hall–Kier alpha value is -0.940. The van der Waals surface area contributed by atoms with Crippen molar-refractivity contribution in [2.24, 2.45) is 0 Å². The molecule has 1 unspecified atom stereocenters. The van der Waals surface area contributed by atoms with Crippen molar-refractivity contribution in [1.82, 2.24) is 4.98 Å². The fourth-order valence-corrected chi connectivity index (χ4v) is 2.56. The Bertz CT molecular complexity index is 372. The zero-order valence-electron chi connectivity index (χ0n) is 9.60. The molecule has 1 aliphatic rings. The van der Waals surface area contributed by atoms with E-state index >= 15 is 0 Å². The number of carbonyl (C=O) groups is 1. The number of Topliss-reactive ketones (excluding diaryl/α,β-unsaturated/α-hetero) is 1. The average molecular weight is 240 g/mol. The third-order valence-electron chi connectivity index (χ3n) is 2.73. The van der Waals surface area contributed by atoms with Crippen molar-refractivity contribution in [3.8, 4) is 0 Å². The van der Waals surface area contributed by atoms with Gasteiger partial charge in [-0.25, -0.2) is 4.98 Å². The number of hydrogen-bond donors (Lipinski definition) is 0. The summed E-state index contributed by atoms with van der Waals surface area (Å²) in [5.41, 5.74) is 0. The number of ketones is 1. The highest BCUT2D eigenvalue weighted by Crippen LogP contribution is 2.26. The van der Waals surface area contributed by atoms with E-state index in [-0.39, 0.29) is 12.0 Å². The topological polar surface area (TPSA) is 42.4 Å². The highest BCUT2D eigenvalue weighted by molar-refractivity contribution is 7.17. The van der Waals surface area contributed by atoms with Crippen LogP contribution in [-0.4, -0.2) is 30.6 Å². The van der Waals surface area contributed by atoms with E-state index in [1.54, 1.807) is 13.1 Å². The number of anilines is 1. The average Bonchev–Trinajstić information content (AvgIpc) is 2.78. The highest BCUT2D eigenvalue weighted by Gasteiger charge is 2.21. The first-order chi connectivity index (χ1) is 7.68. The van der Waals surface area contributed by atoms with Crippen LogP contribution in [0.5, 0.6) is 0 Å². The largest absolute Gasteiger partial charge is 0.358 e. The molecule has 1 aromatic heterocycles. The summed E-state index contributed by atoms with van der Waals surface area (Å²) >= 11 is 1.43. The van der Waals surface area contributed by atoms with Crippen molar-refractivity contribution in [1.29, 1.82) is 0 Å². The maximum absolute atomic E-state index is 11.2. The van der Waals surface area contributed by atoms with E-state index in [4.69, 9.17) is 4.74 Å². The molecule has 0 aromatic carbocycles. The van der Waals surface area contributed by atoms with Crippen LogP contribution in [0, 0.1) is 0 Å². The maximum Gasteiger partial charge on any atom is 0.187 e. The van der Waals surface area contributed by atoms with Crippen LogP contribution in [0.15, 0.2) is 6.20 Å². The molecule has 1 saturated heterocycles. The van der Waals surface area contributed by atoms with Gasteiger partial charge in [0.15, 0.2) is 10.9 Å². The van der Waals surface area contributed by atoms with Crippen LogP contribution in [-0.2, 0) is 4.74 Å². The monoisotopic (exact) mass is 240 g/mol. The van der Waals surface area contributed by atoms with Gasteiger partial charge in [0.2, 0.25) is 0 Å². The molecular weight excluding hydrogens is 224 g/mol. The molecule has 0 amide bonds. The Balaban J connectivity index is 2.07. The summed E-state index contributed by atoms with van der Waals surface area (Å²) in [4.78, 5) is 18.2. The maximum atomic E-state index is 11.2. The zero-order valence-corrected chi connectivity index (χ0v) is 10.4. The number of thiazole rings is 1. The Labute approximate surface area is 99.2 Å². The third-order valence-corrected chi connectivity index (χ3v) is 3.92. The Morgan fingerprint density at radius 3 is 3.00 bits per heavy atom. The summed E-state index contributed by atoms with van der Waals surface area (Å²) in [6.45, 7) is 2.38. The summed E-state index contributed by atoms with van der Waals surface area (Å²) in [5.74, 6) is 0.0710. The molecule has 4 nitrogen and oxygen atoms in total.